The normalized spacial score (nSPS) is 12.1. The molecule has 5 heteroatoms. The second-order valence-electron chi connectivity index (χ2n) is 3.10. The van der Waals surface area contributed by atoms with Gasteiger partial charge in [0.1, 0.15) is 0 Å². The lowest BCUT2D eigenvalue weighted by Crippen LogP contribution is -2.50. The van der Waals surface area contributed by atoms with Gasteiger partial charge in [0.25, 0.3) is 0 Å². The van der Waals surface area contributed by atoms with Crippen molar-refractivity contribution in [2.45, 2.75) is 5.91 Å². The molecule has 0 N–H and O–H groups in total. The van der Waals surface area contributed by atoms with Gasteiger partial charge in [0.05, 0.1) is 0 Å². The first-order valence-corrected chi connectivity index (χ1v) is 5.46. The van der Waals surface area contributed by atoms with Crippen molar-refractivity contribution in [2.75, 3.05) is 0 Å². The maximum atomic E-state index is 11.6. The summed E-state index contributed by atoms with van der Waals surface area (Å²) in [6.45, 7) is 0. The molecule has 0 aliphatic carbocycles. The molecule has 0 saturated carbocycles. The molecule has 2 aromatic heterocycles. The molecule has 0 radical (unpaired) electrons. The predicted octanol–water partition coefficient (Wildman–Crippen LogP) is 0.0931. The molecule has 82 valence electrons. The van der Waals surface area contributed by atoms with Gasteiger partial charge in [-0.1, -0.05) is 18.0 Å². The molecule has 2 heterocycles. The summed E-state index contributed by atoms with van der Waals surface area (Å²) >= 11 is 1.11. The monoisotopic (exact) mass is 232 g/mol. The molecule has 0 spiro atoms. The van der Waals surface area contributed by atoms with E-state index in [2.05, 4.69) is 9.98 Å². The smallest absolute Gasteiger partial charge is 0.0355 e. The van der Waals surface area contributed by atoms with E-state index in [0.29, 0.717) is 5.56 Å². The van der Waals surface area contributed by atoms with E-state index in [-0.39, 0.29) is 4.88 Å². The predicted molar refractivity (Wildman–Crippen MR) is 57.8 cm³/mol. The third-order valence-corrected chi connectivity index (χ3v) is 2.84. The molecule has 0 atom stereocenters. The van der Waals surface area contributed by atoms with E-state index < -0.39 is 5.91 Å². The van der Waals surface area contributed by atoms with Crippen molar-refractivity contribution >= 4 is 17.6 Å². The molecule has 0 saturated heterocycles. The van der Waals surface area contributed by atoms with Crippen molar-refractivity contribution in [3.8, 4) is 0 Å². The van der Waals surface area contributed by atoms with Gasteiger partial charge in [-0.2, -0.15) is 0 Å². The van der Waals surface area contributed by atoms with Gasteiger partial charge in [-0.05, 0) is 22.4 Å². The van der Waals surface area contributed by atoms with E-state index in [1.54, 1.807) is 29.8 Å². The van der Waals surface area contributed by atoms with E-state index in [0.717, 1.165) is 11.3 Å². The number of hydrogen-bond donors (Lipinski definition) is 0. The SMILES string of the molecule is [O-]C([O-])(N=Cc1cccnc1)c1cccs1. The summed E-state index contributed by atoms with van der Waals surface area (Å²) in [5, 5.41) is 24.8. The number of nitrogens with zero attached hydrogens (tertiary/aromatic N) is 2. The highest BCUT2D eigenvalue weighted by Gasteiger charge is 2.02. The first-order chi connectivity index (χ1) is 7.68. The number of thiophene rings is 1. The Morgan fingerprint density at radius 3 is 2.81 bits per heavy atom. The lowest BCUT2D eigenvalue weighted by Gasteiger charge is -2.42. The highest BCUT2D eigenvalue weighted by atomic mass is 32.1. The summed E-state index contributed by atoms with van der Waals surface area (Å²) in [6.07, 6.45) is 4.40. The highest BCUT2D eigenvalue weighted by Crippen LogP contribution is 2.18. The Kier molecular flexibility index (Phi) is 3.09. The molecular weight excluding hydrogens is 224 g/mol. The minimum atomic E-state index is -2.66. The van der Waals surface area contributed by atoms with Gasteiger partial charge in [0, 0.05) is 24.2 Å². The molecule has 0 aliphatic heterocycles. The summed E-state index contributed by atoms with van der Waals surface area (Å²) in [6, 6.07) is 6.58. The number of pyridine rings is 1. The van der Waals surface area contributed by atoms with Crippen molar-refractivity contribution in [1.29, 1.82) is 0 Å². The summed E-state index contributed by atoms with van der Waals surface area (Å²) in [7, 11) is 0. The van der Waals surface area contributed by atoms with Crippen molar-refractivity contribution in [3.05, 3.63) is 52.5 Å². The van der Waals surface area contributed by atoms with Crippen LogP contribution in [-0.2, 0) is 5.91 Å². The van der Waals surface area contributed by atoms with Crippen LogP contribution in [0.25, 0.3) is 0 Å². The second kappa shape index (κ2) is 4.52. The van der Waals surface area contributed by atoms with Crippen LogP contribution in [0.4, 0.5) is 0 Å². The third-order valence-electron chi connectivity index (χ3n) is 1.90. The average molecular weight is 232 g/mol. The van der Waals surface area contributed by atoms with Crippen LogP contribution in [0.2, 0.25) is 0 Å². The zero-order valence-corrected chi connectivity index (χ0v) is 9.05. The van der Waals surface area contributed by atoms with Gasteiger partial charge in [-0.25, -0.2) is 0 Å². The van der Waals surface area contributed by atoms with Gasteiger partial charge in [0.2, 0.25) is 0 Å². The molecule has 0 aromatic carbocycles. The van der Waals surface area contributed by atoms with Gasteiger partial charge in [-0.3, -0.25) is 4.98 Å². The Labute approximate surface area is 96.6 Å². The Morgan fingerprint density at radius 2 is 2.19 bits per heavy atom. The Bertz CT molecular complexity index is 466. The second-order valence-corrected chi connectivity index (χ2v) is 4.05. The molecule has 0 unspecified atom stereocenters. The van der Waals surface area contributed by atoms with Crippen LogP contribution in [0.5, 0.6) is 0 Å². The molecule has 0 aliphatic rings. The minimum Gasteiger partial charge on any atom is -0.842 e. The average Bonchev–Trinajstić information content (AvgIpc) is 2.82. The highest BCUT2D eigenvalue weighted by molar-refractivity contribution is 7.10. The van der Waals surface area contributed by atoms with E-state index in [4.69, 9.17) is 0 Å². The minimum absolute atomic E-state index is 0.160. The molecule has 4 nitrogen and oxygen atoms in total. The lowest BCUT2D eigenvalue weighted by atomic mass is 10.3. The van der Waals surface area contributed by atoms with Gasteiger partial charge < -0.3 is 15.2 Å². The summed E-state index contributed by atoms with van der Waals surface area (Å²) in [5.74, 6) is -2.66. The van der Waals surface area contributed by atoms with E-state index in [9.17, 15) is 10.2 Å². The number of aliphatic imine (C=N–C) groups is 1. The molecular formula is C11H8N2O2S-2. The van der Waals surface area contributed by atoms with Crippen LogP contribution in [0.1, 0.15) is 10.4 Å². The van der Waals surface area contributed by atoms with Crippen LogP contribution in [-0.4, -0.2) is 11.2 Å². The Balaban J connectivity index is 2.18. The Morgan fingerprint density at radius 1 is 1.31 bits per heavy atom. The zero-order valence-electron chi connectivity index (χ0n) is 8.24. The van der Waals surface area contributed by atoms with Gasteiger partial charge >= 0.3 is 0 Å². The first-order valence-electron chi connectivity index (χ1n) is 4.58. The van der Waals surface area contributed by atoms with E-state index in [1.807, 2.05) is 0 Å². The fraction of sp³-hybridized carbons (Fsp3) is 0.0909. The van der Waals surface area contributed by atoms with Crippen molar-refractivity contribution in [3.63, 3.8) is 0 Å². The zero-order chi connectivity index (χ0) is 11.4. The van der Waals surface area contributed by atoms with Crippen LogP contribution in [0, 0.1) is 0 Å². The van der Waals surface area contributed by atoms with E-state index in [1.165, 1.54) is 18.5 Å². The quantitative estimate of drug-likeness (QED) is 0.556. The van der Waals surface area contributed by atoms with Crippen LogP contribution in [0.3, 0.4) is 0 Å². The fourth-order valence-corrected chi connectivity index (χ4v) is 1.80. The van der Waals surface area contributed by atoms with Crippen molar-refractivity contribution in [2.24, 2.45) is 4.99 Å². The summed E-state index contributed by atoms with van der Waals surface area (Å²) in [5.41, 5.74) is 0.634. The third kappa shape index (κ3) is 2.52. The summed E-state index contributed by atoms with van der Waals surface area (Å²) < 4.78 is 0. The fourth-order valence-electron chi connectivity index (χ4n) is 1.13. The van der Waals surface area contributed by atoms with Crippen molar-refractivity contribution < 1.29 is 10.2 Å². The number of aromatic nitrogens is 1. The van der Waals surface area contributed by atoms with Gasteiger partial charge in [0.15, 0.2) is 0 Å². The van der Waals surface area contributed by atoms with Crippen LogP contribution < -0.4 is 10.2 Å². The molecule has 0 amide bonds. The van der Waals surface area contributed by atoms with E-state index >= 15 is 0 Å². The molecule has 16 heavy (non-hydrogen) atoms. The molecule has 0 bridgehead atoms. The first kappa shape index (κ1) is 10.9. The van der Waals surface area contributed by atoms with Crippen molar-refractivity contribution in [1.82, 2.24) is 4.98 Å². The standard InChI is InChI=1S/C11H8N2O2S/c14-11(15,10-4-2-6-16-10)13-8-9-3-1-5-12-7-9/h1-8H/q-2. The topological polar surface area (TPSA) is 71.4 Å². The number of rotatable bonds is 3. The molecule has 0 fully saturated rings. The maximum Gasteiger partial charge on any atom is 0.0355 e. The maximum absolute atomic E-state index is 11.6. The summed E-state index contributed by atoms with van der Waals surface area (Å²) in [4.78, 5) is 7.52. The Hall–Kier alpha value is -1.56. The molecule has 2 rings (SSSR count). The largest absolute Gasteiger partial charge is 0.842 e. The molecule has 2 aromatic rings. The number of hydrogen-bond acceptors (Lipinski definition) is 5. The van der Waals surface area contributed by atoms with Gasteiger partial charge in [-0.15, -0.1) is 11.3 Å². The lowest BCUT2D eigenvalue weighted by molar-refractivity contribution is -0.731. The van der Waals surface area contributed by atoms with Crippen LogP contribution >= 0.6 is 11.3 Å². The van der Waals surface area contributed by atoms with Crippen LogP contribution in [0.15, 0.2) is 47.0 Å².